The minimum absolute atomic E-state index is 0.347. The van der Waals surface area contributed by atoms with Crippen LogP contribution in [0.4, 0.5) is 0 Å². The van der Waals surface area contributed by atoms with Crippen LogP contribution in [0.25, 0.3) is 16.9 Å². The highest BCUT2D eigenvalue weighted by atomic mass is 16.5. The van der Waals surface area contributed by atoms with Crippen LogP contribution in [0.5, 0.6) is 5.75 Å². The minimum atomic E-state index is -0.347. The molecule has 0 aliphatic carbocycles. The van der Waals surface area contributed by atoms with Crippen LogP contribution in [0.2, 0.25) is 0 Å². The van der Waals surface area contributed by atoms with Gasteiger partial charge in [-0.15, -0.1) is 0 Å². The van der Waals surface area contributed by atoms with Gasteiger partial charge in [0, 0.05) is 17.3 Å². The van der Waals surface area contributed by atoms with Crippen molar-refractivity contribution in [3.05, 3.63) is 102 Å². The largest absolute Gasteiger partial charge is 0.496 e. The molecular formula is C24H20N4O2. The van der Waals surface area contributed by atoms with E-state index >= 15 is 0 Å². The Hall–Kier alpha value is -4.19. The number of nitrogens with one attached hydrogen (secondary N) is 1. The number of rotatable bonds is 6. The molecule has 0 spiro atoms. The summed E-state index contributed by atoms with van der Waals surface area (Å²) < 4.78 is 7.03. The molecule has 1 heterocycles. The smallest absolute Gasteiger partial charge is 0.275 e. The number of hydrogen-bond acceptors (Lipinski definition) is 4. The van der Waals surface area contributed by atoms with Gasteiger partial charge in [-0.2, -0.15) is 10.2 Å². The number of para-hydroxylation sites is 2. The molecule has 0 aliphatic heterocycles. The summed E-state index contributed by atoms with van der Waals surface area (Å²) in [5, 5.41) is 8.88. The molecule has 0 fully saturated rings. The average Bonchev–Trinajstić information content (AvgIpc) is 3.24. The Kier molecular flexibility index (Phi) is 5.66. The van der Waals surface area contributed by atoms with Crippen molar-refractivity contribution in [2.45, 2.75) is 0 Å². The molecular weight excluding hydrogens is 376 g/mol. The first-order chi connectivity index (χ1) is 14.8. The maximum Gasteiger partial charge on any atom is 0.275 e. The number of aromatic nitrogens is 2. The lowest BCUT2D eigenvalue weighted by Crippen LogP contribution is -2.18. The lowest BCUT2D eigenvalue weighted by molar-refractivity contribution is 0.0952. The highest BCUT2D eigenvalue weighted by Gasteiger charge is 2.12. The van der Waals surface area contributed by atoms with E-state index < -0.39 is 0 Å². The fourth-order valence-corrected chi connectivity index (χ4v) is 3.07. The van der Waals surface area contributed by atoms with Crippen LogP contribution in [0.15, 0.2) is 96.2 Å². The van der Waals surface area contributed by atoms with Crippen LogP contribution < -0.4 is 10.2 Å². The Morgan fingerprint density at radius 2 is 1.63 bits per heavy atom. The van der Waals surface area contributed by atoms with Crippen molar-refractivity contribution in [2.75, 3.05) is 7.11 Å². The molecule has 0 aliphatic rings. The van der Waals surface area contributed by atoms with E-state index in [1.807, 2.05) is 72.9 Å². The van der Waals surface area contributed by atoms with Gasteiger partial charge < -0.3 is 4.74 Å². The van der Waals surface area contributed by atoms with Gasteiger partial charge in [0.05, 0.1) is 24.6 Å². The zero-order valence-electron chi connectivity index (χ0n) is 16.4. The molecule has 0 unspecified atom stereocenters. The number of hydrazone groups is 1. The first-order valence-corrected chi connectivity index (χ1v) is 9.43. The van der Waals surface area contributed by atoms with Crippen LogP contribution in [-0.2, 0) is 0 Å². The van der Waals surface area contributed by atoms with Gasteiger partial charge in [-0.25, -0.2) is 10.1 Å². The lowest BCUT2D eigenvalue weighted by atomic mass is 10.1. The zero-order valence-corrected chi connectivity index (χ0v) is 16.4. The number of hydrogen-bond donors (Lipinski definition) is 1. The molecule has 148 valence electrons. The van der Waals surface area contributed by atoms with Crippen LogP contribution >= 0.6 is 0 Å². The van der Waals surface area contributed by atoms with Gasteiger partial charge in [0.2, 0.25) is 0 Å². The van der Waals surface area contributed by atoms with Crippen LogP contribution in [0.3, 0.4) is 0 Å². The van der Waals surface area contributed by atoms with Gasteiger partial charge in [-0.05, 0) is 24.3 Å². The van der Waals surface area contributed by atoms with Crippen molar-refractivity contribution < 1.29 is 9.53 Å². The van der Waals surface area contributed by atoms with Gasteiger partial charge in [-0.1, -0.05) is 60.7 Å². The van der Waals surface area contributed by atoms with E-state index in [1.54, 1.807) is 29.1 Å². The van der Waals surface area contributed by atoms with Gasteiger partial charge in [0.25, 0.3) is 5.91 Å². The molecule has 0 radical (unpaired) electrons. The fraction of sp³-hybridized carbons (Fsp3) is 0.0417. The molecule has 0 saturated heterocycles. The molecule has 6 heteroatoms. The Labute approximate surface area is 174 Å². The van der Waals surface area contributed by atoms with E-state index in [0.29, 0.717) is 11.3 Å². The SMILES string of the molecule is COc1ccccc1C(=O)NN=Cc1cn(-c2ccccc2)nc1-c1ccccc1. The second-order valence-electron chi connectivity index (χ2n) is 6.48. The van der Waals surface area contributed by atoms with Gasteiger partial charge in [-0.3, -0.25) is 4.79 Å². The summed E-state index contributed by atoms with van der Waals surface area (Å²) in [4.78, 5) is 12.5. The van der Waals surface area contributed by atoms with E-state index in [0.717, 1.165) is 22.5 Å². The van der Waals surface area contributed by atoms with E-state index in [4.69, 9.17) is 9.84 Å². The average molecular weight is 396 g/mol. The van der Waals surface area contributed by atoms with E-state index in [1.165, 1.54) is 7.11 Å². The summed E-state index contributed by atoms with van der Waals surface area (Å²) >= 11 is 0. The molecule has 1 amide bonds. The normalized spacial score (nSPS) is 10.8. The van der Waals surface area contributed by atoms with Crippen LogP contribution in [0.1, 0.15) is 15.9 Å². The van der Waals surface area contributed by atoms with Crippen LogP contribution in [0, 0.1) is 0 Å². The molecule has 3 aromatic carbocycles. The monoisotopic (exact) mass is 396 g/mol. The highest BCUT2D eigenvalue weighted by molar-refractivity contribution is 5.97. The number of carbonyl (C=O) groups is 1. The van der Waals surface area contributed by atoms with E-state index in [-0.39, 0.29) is 5.91 Å². The molecule has 1 N–H and O–H groups in total. The number of nitrogens with zero attached hydrogens (tertiary/aromatic N) is 3. The van der Waals surface area contributed by atoms with Crippen molar-refractivity contribution >= 4 is 12.1 Å². The summed E-state index contributed by atoms with van der Waals surface area (Å²) in [6.07, 6.45) is 3.48. The minimum Gasteiger partial charge on any atom is -0.496 e. The highest BCUT2D eigenvalue weighted by Crippen LogP contribution is 2.22. The Balaban J connectivity index is 1.63. The number of benzene rings is 3. The molecule has 4 aromatic rings. The third kappa shape index (κ3) is 4.12. The van der Waals surface area contributed by atoms with E-state index in [9.17, 15) is 4.79 Å². The Morgan fingerprint density at radius 1 is 0.967 bits per heavy atom. The predicted molar refractivity (Wildman–Crippen MR) is 117 cm³/mol. The summed E-state index contributed by atoms with van der Waals surface area (Å²) in [5.74, 6) is 0.146. The second kappa shape index (κ2) is 8.87. The summed E-state index contributed by atoms with van der Waals surface area (Å²) in [6, 6.07) is 26.7. The van der Waals surface area contributed by atoms with Crippen molar-refractivity contribution in [3.8, 4) is 22.7 Å². The summed E-state index contributed by atoms with van der Waals surface area (Å²) in [7, 11) is 1.53. The third-order valence-corrected chi connectivity index (χ3v) is 4.53. The van der Waals surface area contributed by atoms with Crippen molar-refractivity contribution in [1.29, 1.82) is 0 Å². The third-order valence-electron chi connectivity index (χ3n) is 4.53. The number of methoxy groups -OCH3 is 1. The molecule has 0 saturated carbocycles. The topological polar surface area (TPSA) is 68.5 Å². The second-order valence-corrected chi connectivity index (χ2v) is 6.48. The first kappa shape index (κ1) is 19.1. The predicted octanol–water partition coefficient (Wildman–Crippen LogP) is 4.31. The standard InChI is InChI=1S/C24H20N4O2/c1-30-22-15-9-8-14-21(22)24(29)26-25-16-19-17-28(20-12-6-3-7-13-20)27-23(19)18-10-4-2-5-11-18/h2-17H,1H3,(H,26,29). The molecule has 4 rings (SSSR count). The van der Waals surface area contributed by atoms with Crippen molar-refractivity contribution in [3.63, 3.8) is 0 Å². The molecule has 0 atom stereocenters. The summed E-state index contributed by atoms with van der Waals surface area (Å²) in [6.45, 7) is 0. The van der Waals surface area contributed by atoms with Gasteiger partial charge in [0.1, 0.15) is 11.4 Å². The number of carbonyl (C=O) groups excluding carboxylic acids is 1. The Morgan fingerprint density at radius 3 is 2.37 bits per heavy atom. The first-order valence-electron chi connectivity index (χ1n) is 9.43. The van der Waals surface area contributed by atoms with Crippen LogP contribution in [-0.4, -0.2) is 29.0 Å². The molecule has 30 heavy (non-hydrogen) atoms. The van der Waals surface area contributed by atoms with Crippen molar-refractivity contribution in [2.24, 2.45) is 5.10 Å². The molecule has 1 aromatic heterocycles. The van der Waals surface area contributed by atoms with E-state index in [2.05, 4.69) is 10.5 Å². The zero-order chi connectivity index (χ0) is 20.8. The van der Waals surface area contributed by atoms with Gasteiger partial charge in [0.15, 0.2) is 0 Å². The quantitative estimate of drug-likeness (QED) is 0.390. The maximum absolute atomic E-state index is 12.5. The molecule has 0 bridgehead atoms. The summed E-state index contributed by atoms with van der Waals surface area (Å²) in [5.41, 5.74) is 6.44. The van der Waals surface area contributed by atoms with Gasteiger partial charge >= 0.3 is 0 Å². The number of amides is 1. The maximum atomic E-state index is 12.5. The Bertz CT molecular complexity index is 1170. The number of ether oxygens (including phenoxy) is 1. The lowest BCUT2D eigenvalue weighted by Gasteiger charge is -2.05. The fourth-order valence-electron chi connectivity index (χ4n) is 3.07. The molecule has 6 nitrogen and oxygen atoms in total. The van der Waals surface area contributed by atoms with Crippen molar-refractivity contribution in [1.82, 2.24) is 15.2 Å².